The number of nitrogens with zero attached hydrogens (tertiary/aromatic N) is 1. The van der Waals surface area contributed by atoms with Gasteiger partial charge in [0.1, 0.15) is 10.4 Å². The molecule has 29 heavy (non-hydrogen) atoms. The molecule has 0 spiro atoms. The number of carboxylic acid groups (broad SMARTS) is 3. The van der Waals surface area contributed by atoms with E-state index in [1.54, 1.807) is 0 Å². The van der Waals surface area contributed by atoms with Gasteiger partial charge in [-0.25, -0.2) is 9.59 Å². The zero-order valence-electron chi connectivity index (χ0n) is 14.9. The number of methoxy groups -OCH3 is 1. The summed E-state index contributed by atoms with van der Waals surface area (Å²) >= 11 is 5.90. The van der Waals surface area contributed by atoms with Crippen LogP contribution in [0.4, 0.5) is 0 Å². The van der Waals surface area contributed by atoms with Gasteiger partial charge in [-0.3, -0.25) is 14.5 Å². The molecule has 0 radical (unpaired) electrons. The van der Waals surface area contributed by atoms with Gasteiger partial charge in [0, 0.05) is 0 Å². The van der Waals surface area contributed by atoms with Gasteiger partial charge in [-0.2, -0.15) is 0 Å². The van der Waals surface area contributed by atoms with E-state index in [1.807, 2.05) is 0 Å². The molecule has 1 unspecified atom stereocenters. The standard InChI is InChI=1S/C17H15NO9S2/c1-26-11-4-8(2-3-10(11)27-7-14(21)22)5-12-15(23)18(17(28)29-12)9(16(24)25)6-13(19)20/h2-5,9H,6-7H2,1H3,(H,19,20)(H,21,22)(H,24,25). The van der Waals surface area contributed by atoms with Crippen molar-refractivity contribution in [1.29, 1.82) is 0 Å². The summed E-state index contributed by atoms with van der Waals surface area (Å²) in [6.07, 6.45) is 0.640. The minimum atomic E-state index is -1.62. The predicted molar refractivity (Wildman–Crippen MR) is 105 cm³/mol. The fourth-order valence-corrected chi connectivity index (χ4v) is 3.74. The third kappa shape index (κ3) is 5.45. The number of thiocarbonyl (C=S) groups is 1. The molecule has 1 heterocycles. The summed E-state index contributed by atoms with van der Waals surface area (Å²) in [5.74, 6) is -4.33. The average molecular weight is 441 g/mol. The van der Waals surface area contributed by atoms with Gasteiger partial charge in [0.25, 0.3) is 5.91 Å². The summed E-state index contributed by atoms with van der Waals surface area (Å²) in [5.41, 5.74) is 0.482. The van der Waals surface area contributed by atoms with Gasteiger partial charge in [0.05, 0.1) is 18.4 Å². The van der Waals surface area contributed by atoms with E-state index in [0.717, 1.165) is 16.7 Å². The van der Waals surface area contributed by atoms with E-state index in [0.29, 0.717) is 5.56 Å². The molecule has 0 saturated carbocycles. The summed E-state index contributed by atoms with van der Waals surface area (Å²) in [4.78, 5) is 46.4. The van der Waals surface area contributed by atoms with Crippen LogP contribution in [0.5, 0.6) is 11.5 Å². The first-order chi connectivity index (χ1) is 13.6. The Kier molecular flexibility index (Phi) is 7.18. The molecule has 3 N–H and O–H groups in total. The van der Waals surface area contributed by atoms with Crippen molar-refractivity contribution < 1.29 is 44.0 Å². The van der Waals surface area contributed by atoms with Crippen LogP contribution < -0.4 is 9.47 Å². The van der Waals surface area contributed by atoms with Crippen molar-refractivity contribution in [3.63, 3.8) is 0 Å². The summed E-state index contributed by atoms with van der Waals surface area (Å²) in [6.45, 7) is -0.561. The molecular weight excluding hydrogens is 426 g/mol. The molecule has 1 aromatic carbocycles. The van der Waals surface area contributed by atoms with Crippen LogP contribution in [0.1, 0.15) is 12.0 Å². The van der Waals surface area contributed by atoms with Crippen molar-refractivity contribution in [3.8, 4) is 11.5 Å². The molecule has 12 heteroatoms. The maximum atomic E-state index is 12.6. The van der Waals surface area contributed by atoms with Crippen molar-refractivity contribution in [2.24, 2.45) is 0 Å². The number of carbonyl (C=O) groups is 4. The normalized spacial score (nSPS) is 16.0. The number of benzene rings is 1. The molecule has 1 atom stereocenters. The Morgan fingerprint density at radius 2 is 1.90 bits per heavy atom. The highest BCUT2D eigenvalue weighted by Crippen LogP contribution is 2.36. The van der Waals surface area contributed by atoms with Gasteiger partial charge in [0.2, 0.25) is 0 Å². The highest BCUT2D eigenvalue weighted by Gasteiger charge is 2.41. The van der Waals surface area contributed by atoms with Crippen molar-refractivity contribution >= 4 is 58.2 Å². The first-order valence-electron chi connectivity index (χ1n) is 7.88. The molecule has 1 aliphatic rings. The molecule has 0 aromatic heterocycles. The van der Waals surface area contributed by atoms with Gasteiger partial charge in [-0.1, -0.05) is 30.0 Å². The van der Waals surface area contributed by atoms with Crippen LogP contribution in [0.15, 0.2) is 23.1 Å². The Morgan fingerprint density at radius 1 is 1.21 bits per heavy atom. The SMILES string of the molecule is COc1cc(C=C2SC(=S)N(C(CC(=O)O)C(=O)O)C2=O)ccc1OCC(=O)O. The topological polar surface area (TPSA) is 151 Å². The number of ether oxygens (including phenoxy) is 2. The van der Waals surface area contributed by atoms with Crippen molar-refractivity contribution in [2.75, 3.05) is 13.7 Å². The fraction of sp³-hybridized carbons (Fsp3) is 0.235. The molecule has 0 bridgehead atoms. The second kappa shape index (κ2) is 9.39. The van der Waals surface area contributed by atoms with Crippen molar-refractivity contribution in [3.05, 3.63) is 28.7 Å². The van der Waals surface area contributed by atoms with Crippen molar-refractivity contribution in [2.45, 2.75) is 12.5 Å². The lowest BCUT2D eigenvalue weighted by atomic mass is 10.1. The number of thioether (sulfide) groups is 1. The Labute approximate surface area is 173 Å². The maximum Gasteiger partial charge on any atom is 0.341 e. The predicted octanol–water partition coefficient (Wildman–Crippen LogP) is 1.29. The largest absolute Gasteiger partial charge is 0.493 e. The molecular formula is C17H15NO9S2. The van der Waals surface area contributed by atoms with E-state index in [2.05, 4.69) is 0 Å². The zero-order chi connectivity index (χ0) is 21.7. The number of hydrogen-bond acceptors (Lipinski definition) is 8. The number of rotatable bonds is 9. The van der Waals surface area contributed by atoms with Gasteiger partial charge < -0.3 is 24.8 Å². The highest BCUT2D eigenvalue weighted by molar-refractivity contribution is 8.26. The third-order valence-corrected chi connectivity index (χ3v) is 4.96. The summed E-state index contributed by atoms with van der Waals surface area (Å²) < 4.78 is 10.2. The van der Waals surface area contributed by atoms with Crippen LogP contribution in [0, 0.1) is 0 Å². The molecule has 2 rings (SSSR count). The molecule has 1 fully saturated rings. The lowest BCUT2D eigenvalue weighted by Crippen LogP contribution is -2.45. The molecule has 1 aliphatic heterocycles. The number of carbonyl (C=O) groups excluding carboxylic acids is 1. The van der Waals surface area contributed by atoms with E-state index in [4.69, 9.17) is 31.9 Å². The second-order valence-electron chi connectivity index (χ2n) is 5.60. The lowest BCUT2D eigenvalue weighted by molar-refractivity contribution is -0.150. The van der Waals surface area contributed by atoms with Crippen LogP contribution in [0.25, 0.3) is 6.08 Å². The van der Waals surface area contributed by atoms with Gasteiger partial charge in [-0.15, -0.1) is 0 Å². The summed E-state index contributed by atoms with van der Waals surface area (Å²) in [6, 6.07) is 2.87. The first-order valence-corrected chi connectivity index (χ1v) is 9.10. The number of amides is 1. The monoisotopic (exact) mass is 441 g/mol. The van der Waals surface area contributed by atoms with E-state index in [-0.39, 0.29) is 20.7 Å². The summed E-state index contributed by atoms with van der Waals surface area (Å²) in [5, 5.41) is 26.9. The average Bonchev–Trinajstić information content (AvgIpc) is 2.91. The minimum absolute atomic E-state index is 0.0664. The number of aliphatic carboxylic acids is 3. The van der Waals surface area contributed by atoms with E-state index >= 15 is 0 Å². The second-order valence-corrected chi connectivity index (χ2v) is 7.27. The third-order valence-electron chi connectivity index (χ3n) is 3.62. The Morgan fingerprint density at radius 3 is 2.45 bits per heavy atom. The highest BCUT2D eigenvalue weighted by atomic mass is 32.2. The van der Waals surface area contributed by atoms with Crippen LogP contribution in [-0.2, 0) is 19.2 Å². The van der Waals surface area contributed by atoms with E-state index in [9.17, 15) is 24.3 Å². The lowest BCUT2D eigenvalue weighted by Gasteiger charge is -2.21. The van der Waals surface area contributed by atoms with Crippen LogP contribution in [0.2, 0.25) is 0 Å². The first kappa shape index (κ1) is 22.2. The zero-order valence-corrected chi connectivity index (χ0v) is 16.5. The molecule has 1 saturated heterocycles. The van der Waals surface area contributed by atoms with Gasteiger partial charge in [0.15, 0.2) is 18.1 Å². The molecule has 10 nitrogen and oxygen atoms in total. The quantitative estimate of drug-likeness (QED) is 0.375. The molecule has 0 aliphatic carbocycles. The van der Waals surface area contributed by atoms with Gasteiger partial charge in [-0.05, 0) is 23.8 Å². The van der Waals surface area contributed by atoms with E-state index in [1.165, 1.54) is 31.4 Å². The minimum Gasteiger partial charge on any atom is -0.493 e. The summed E-state index contributed by atoms with van der Waals surface area (Å²) in [7, 11) is 1.36. The van der Waals surface area contributed by atoms with Crippen LogP contribution >= 0.6 is 24.0 Å². The van der Waals surface area contributed by atoms with Gasteiger partial charge >= 0.3 is 17.9 Å². The van der Waals surface area contributed by atoms with Crippen LogP contribution in [-0.4, -0.2) is 68.1 Å². The number of hydrogen-bond donors (Lipinski definition) is 3. The number of carboxylic acids is 3. The Balaban J connectivity index is 2.29. The molecule has 1 amide bonds. The molecule has 154 valence electrons. The maximum absolute atomic E-state index is 12.6. The Bertz CT molecular complexity index is 912. The Hall–Kier alpha value is -3.12. The molecule has 1 aromatic rings. The van der Waals surface area contributed by atoms with E-state index < -0.39 is 42.9 Å². The van der Waals surface area contributed by atoms with Crippen LogP contribution in [0.3, 0.4) is 0 Å². The fourth-order valence-electron chi connectivity index (χ4n) is 2.39. The smallest absolute Gasteiger partial charge is 0.341 e. The van der Waals surface area contributed by atoms with Crippen molar-refractivity contribution in [1.82, 2.24) is 4.90 Å².